The monoisotopic (exact) mass is 397 g/mol. The molecule has 6 heteroatoms. The van der Waals surface area contributed by atoms with Crippen molar-refractivity contribution in [1.82, 2.24) is 14.5 Å². The van der Waals surface area contributed by atoms with E-state index < -0.39 is 0 Å². The number of ketones is 1. The normalized spacial score (nSPS) is 15.3. The maximum atomic E-state index is 12.7. The van der Waals surface area contributed by atoms with Crippen molar-refractivity contribution in [3.8, 4) is 0 Å². The van der Waals surface area contributed by atoms with E-state index in [4.69, 9.17) is 12.2 Å². The van der Waals surface area contributed by atoms with Crippen LogP contribution in [0.15, 0.2) is 48.3 Å². The van der Waals surface area contributed by atoms with E-state index in [-0.39, 0.29) is 18.7 Å². The summed E-state index contributed by atoms with van der Waals surface area (Å²) in [6.45, 7) is 10.3. The third kappa shape index (κ3) is 4.29. The summed E-state index contributed by atoms with van der Waals surface area (Å²) in [6.07, 6.45) is 4.78. The summed E-state index contributed by atoms with van der Waals surface area (Å²) in [4.78, 5) is 30.6. The van der Waals surface area contributed by atoms with Crippen LogP contribution in [0, 0.1) is 10.7 Å². The molecule has 0 radical (unpaired) electrons. The van der Waals surface area contributed by atoms with Crippen molar-refractivity contribution in [2.45, 2.75) is 19.4 Å². The number of hydrogen-bond acceptors (Lipinski definition) is 4. The van der Waals surface area contributed by atoms with E-state index in [1.165, 1.54) is 6.08 Å². The lowest BCUT2D eigenvalue weighted by atomic mass is 9.89. The van der Waals surface area contributed by atoms with Crippen LogP contribution in [-0.4, -0.2) is 39.9 Å². The lowest BCUT2D eigenvalue weighted by Gasteiger charge is -2.31. The smallest absolute Gasteiger partial charge is 0.262 e. The minimum atomic E-state index is -0.150. The first-order valence-corrected chi connectivity index (χ1v) is 9.89. The summed E-state index contributed by atoms with van der Waals surface area (Å²) < 4.78 is 1.96. The number of rotatable bonds is 7. The average Bonchev–Trinajstić information content (AvgIpc) is 2.73. The van der Waals surface area contributed by atoms with Crippen molar-refractivity contribution in [3.63, 3.8) is 0 Å². The number of carbonyl (C=O) groups excluding carboxylic acids is 1. The van der Waals surface area contributed by atoms with Crippen molar-refractivity contribution in [2.24, 2.45) is 5.92 Å². The number of H-pyrrole nitrogens is 1. The van der Waals surface area contributed by atoms with Gasteiger partial charge in [0.15, 0.2) is 10.6 Å². The van der Waals surface area contributed by atoms with Gasteiger partial charge < -0.3 is 9.88 Å². The minimum Gasteiger partial charge on any atom is -0.332 e. The molecule has 1 aliphatic rings. The number of benzene rings is 1. The first kappa shape index (κ1) is 20.2. The quantitative estimate of drug-likeness (QED) is 0.566. The van der Waals surface area contributed by atoms with Gasteiger partial charge in [-0.15, -0.1) is 0 Å². The summed E-state index contributed by atoms with van der Waals surface area (Å²) >= 11 is 5.34. The molecule has 1 aliphatic heterocycles. The molecular weight excluding hydrogens is 370 g/mol. The van der Waals surface area contributed by atoms with Gasteiger partial charge in [-0.25, -0.2) is 0 Å². The van der Waals surface area contributed by atoms with Crippen molar-refractivity contribution < 1.29 is 6.22 Å². The van der Waals surface area contributed by atoms with Gasteiger partial charge in [-0.3, -0.25) is 14.2 Å². The molecule has 3 rings (SSSR count). The summed E-state index contributed by atoms with van der Waals surface area (Å²) in [5.74, 6) is 0.304. The van der Waals surface area contributed by atoms with Crippen molar-refractivity contribution in [2.75, 3.05) is 19.6 Å². The number of piperidine rings is 1. The van der Waals surface area contributed by atoms with Crippen LogP contribution in [0.5, 0.6) is 0 Å². The van der Waals surface area contributed by atoms with Gasteiger partial charge >= 0.3 is 0 Å². The number of Topliss-reactive ketones (excluding diaryl/α,β-unsaturated/α-hetero) is 1. The highest BCUT2D eigenvalue weighted by Gasteiger charge is 2.25. The van der Waals surface area contributed by atoms with Gasteiger partial charge in [0.2, 0.25) is 0 Å². The summed E-state index contributed by atoms with van der Waals surface area (Å²) in [5, 5.41) is 0. The summed E-state index contributed by atoms with van der Waals surface area (Å²) in [6, 6.07) is 9.49. The van der Waals surface area contributed by atoms with Crippen LogP contribution in [0.4, 0.5) is 0 Å². The van der Waals surface area contributed by atoms with Gasteiger partial charge in [-0.05, 0) is 44.2 Å². The first-order chi connectivity index (χ1) is 13.5. The molecule has 28 heavy (non-hydrogen) atoms. The molecule has 0 unspecified atom stereocenters. The maximum absolute atomic E-state index is 12.7. The largest absolute Gasteiger partial charge is 0.332 e. The molecular formula is C22H27N3O2S. The third-order valence-electron chi connectivity index (χ3n) is 5.32. The molecule has 0 saturated carbocycles. The van der Waals surface area contributed by atoms with Gasteiger partial charge in [0, 0.05) is 26.0 Å². The number of aromatic amines is 1. The maximum Gasteiger partial charge on any atom is 0.262 e. The molecule has 0 aliphatic carbocycles. The molecule has 0 amide bonds. The zero-order chi connectivity index (χ0) is 20.1. The number of nitrogens with one attached hydrogen (secondary N) is 1. The van der Waals surface area contributed by atoms with Gasteiger partial charge in [0.1, 0.15) is 0 Å². The SMILES string of the molecule is C=Cc1[nH]c(=S)n(CCN2CCC(C(=O)c3ccccc3)CC2)c(=O)c1C=C.[HH]. The van der Waals surface area contributed by atoms with E-state index in [1.54, 1.807) is 10.6 Å². The van der Waals surface area contributed by atoms with E-state index >= 15 is 0 Å². The standard InChI is InChI=1S/C22H25N3O2S.H2/c1-3-18-19(4-2)23-22(28)25(21(18)27)15-14-24-12-10-17(11-13-24)20(26)16-8-6-5-7-9-16;/h3-9,17H,1-2,10-15H2,(H,23,28);1H. The van der Waals surface area contributed by atoms with Crippen molar-refractivity contribution in [1.29, 1.82) is 0 Å². The molecule has 0 spiro atoms. The van der Waals surface area contributed by atoms with Crippen LogP contribution >= 0.6 is 12.2 Å². The molecule has 1 fully saturated rings. The fraction of sp³-hybridized carbons (Fsp3) is 0.318. The molecule has 2 heterocycles. The number of nitrogens with zero attached hydrogens (tertiary/aromatic N) is 2. The Labute approximate surface area is 171 Å². The van der Waals surface area contributed by atoms with Crippen molar-refractivity contribution >= 4 is 30.2 Å². The molecule has 1 aromatic carbocycles. The van der Waals surface area contributed by atoms with Crippen LogP contribution in [0.3, 0.4) is 0 Å². The summed E-state index contributed by atoms with van der Waals surface area (Å²) in [5.41, 5.74) is 1.72. The van der Waals surface area contributed by atoms with Gasteiger partial charge in [0.05, 0.1) is 11.3 Å². The second-order valence-corrected chi connectivity index (χ2v) is 7.36. The fourth-order valence-electron chi connectivity index (χ4n) is 3.66. The Balaban J connectivity index is 0.00000300. The lowest BCUT2D eigenvalue weighted by Crippen LogP contribution is -2.39. The molecule has 1 saturated heterocycles. The fourth-order valence-corrected chi connectivity index (χ4v) is 3.95. The molecule has 148 valence electrons. The van der Waals surface area contributed by atoms with Crippen LogP contribution in [0.1, 0.15) is 35.9 Å². The van der Waals surface area contributed by atoms with E-state index in [0.717, 1.165) is 31.5 Å². The lowest BCUT2D eigenvalue weighted by molar-refractivity contribution is 0.0837. The number of likely N-dealkylation sites (tertiary alicyclic amines) is 1. The minimum absolute atomic E-state index is 0. The Kier molecular flexibility index (Phi) is 6.54. The Bertz CT molecular complexity index is 989. The number of aromatic nitrogens is 2. The van der Waals surface area contributed by atoms with Gasteiger partial charge in [-0.1, -0.05) is 49.6 Å². The van der Waals surface area contributed by atoms with Crippen LogP contribution in [0.25, 0.3) is 12.2 Å². The second-order valence-electron chi connectivity index (χ2n) is 6.97. The highest BCUT2D eigenvalue weighted by atomic mass is 32.1. The van der Waals surface area contributed by atoms with Crippen LogP contribution in [0.2, 0.25) is 0 Å². The zero-order valence-corrected chi connectivity index (χ0v) is 16.7. The molecule has 5 nitrogen and oxygen atoms in total. The predicted octanol–water partition coefficient (Wildman–Crippen LogP) is 4.03. The molecule has 0 bridgehead atoms. The van der Waals surface area contributed by atoms with Crippen LogP contribution in [-0.2, 0) is 6.54 Å². The number of carbonyl (C=O) groups is 1. The Morgan fingerprint density at radius 1 is 1.18 bits per heavy atom. The number of hydrogen-bond donors (Lipinski definition) is 1. The van der Waals surface area contributed by atoms with E-state index in [2.05, 4.69) is 23.0 Å². The van der Waals surface area contributed by atoms with E-state index in [9.17, 15) is 9.59 Å². The molecule has 0 atom stereocenters. The molecule has 2 aromatic rings. The van der Waals surface area contributed by atoms with Crippen molar-refractivity contribution in [3.05, 3.63) is 75.4 Å². The topological polar surface area (TPSA) is 58.1 Å². The summed E-state index contributed by atoms with van der Waals surface area (Å²) in [7, 11) is 0. The van der Waals surface area contributed by atoms with Crippen LogP contribution < -0.4 is 5.56 Å². The third-order valence-corrected chi connectivity index (χ3v) is 5.64. The molecule has 1 N–H and O–H groups in total. The Morgan fingerprint density at radius 3 is 2.46 bits per heavy atom. The predicted molar refractivity (Wildman–Crippen MR) is 118 cm³/mol. The van der Waals surface area contributed by atoms with E-state index in [0.29, 0.717) is 29.1 Å². The van der Waals surface area contributed by atoms with Gasteiger partial charge in [-0.2, -0.15) is 0 Å². The van der Waals surface area contributed by atoms with E-state index in [1.807, 2.05) is 30.3 Å². The first-order valence-electron chi connectivity index (χ1n) is 9.48. The Morgan fingerprint density at radius 2 is 1.86 bits per heavy atom. The Hall–Kier alpha value is -2.57. The highest BCUT2D eigenvalue weighted by molar-refractivity contribution is 7.71. The highest BCUT2D eigenvalue weighted by Crippen LogP contribution is 2.21. The average molecular weight is 398 g/mol. The molecule has 1 aromatic heterocycles. The van der Waals surface area contributed by atoms with Gasteiger partial charge in [0.25, 0.3) is 5.56 Å². The second kappa shape index (κ2) is 9.08. The zero-order valence-electron chi connectivity index (χ0n) is 15.9.